The SMILES string of the molecule is Cc1nccc(-c2ccc(OC[C@@H](C)CC(C)(C)NC(=O)O)c(Cl)c2)n1. The molecule has 1 aromatic carbocycles. The molecule has 1 atom stereocenters. The highest BCUT2D eigenvalue weighted by Crippen LogP contribution is 2.30. The Hall–Kier alpha value is -2.34. The van der Waals surface area contributed by atoms with Gasteiger partial charge in [0.25, 0.3) is 0 Å². The van der Waals surface area contributed by atoms with Crippen LogP contribution in [0.5, 0.6) is 5.75 Å². The molecule has 1 aromatic heterocycles. The minimum Gasteiger partial charge on any atom is -0.492 e. The van der Waals surface area contributed by atoms with E-state index in [1.165, 1.54) is 0 Å². The Kier molecular flexibility index (Phi) is 6.42. The number of hydrogen-bond donors (Lipinski definition) is 2. The molecule has 0 unspecified atom stereocenters. The van der Waals surface area contributed by atoms with Gasteiger partial charge in [0, 0.05) is 17.3 Å². The van der Waals surface area contributed by atoms with Crippen LogP contribution in [0.15, 0.2) is 30.5 Å². The third-order valence-corrected chi connectivity index (χ3v) is 4.13. The summed E-state index contributed by atoms with van der Waals surface area (Å²) in [6.45, 7) is 7.99. The van der Waals surface area contributed by atoms with Crippen molar-refractivity contribution in [3.8, 4) is 17.0 Å². The van der Waals surface area contributed by atoms with Gasteiger partial charge in [0.15, 0.2) is 0 Å². The summed E-state index contributed by atoms with van der Waals surface area (Å²) in [5.74, 6) is 1.44. The monoisotopic (exact) mass is 377 g/mol. The third-order valence-electron chi connectivity index (χ3n) is 3.83. The number of hydrogen-bond acceptors (Lipinski definition) is 4. The third kappa shape index (κ3) is 5.88. The van der Waals surface area contributed by atoms with Crippen LogP contribution >= 0.6 is 11.6 Å². The lowest BCUT2D eigenvalue weighted by Crippen LogP contribution is -2.44. The number of nitrogens with one attached hydrogen (secondary N) is 1. The fraction of sp³-hybridized carbons (Fsp3) is 0.421. The van der Waals surface area contributed by atoms with E-state index in [4.69, 9.17) is 21.4 Å². The van der Waals surface area contributed by atoms with E-state index < -0.39 is 11.6 Å². The Morgan fingerprint density at radius 3 is 2.73 bits per heavy atom. The van der Waals surface area contributed by atoms with Crippen LogP contribution in [-0.4, -0.2) is 33.3 Å². The second kappa shape index (κ2) is 8.36. The first-order valence-corrected chi connectivity index (χ1v) is 8.77. The van der Waals surface area contributed by atoms with E-state index >= 15 is 0 Å². The number of halogens is 1. The number of nitrogens with zero attached hydrogens (tertiary/aromatic N) is 2. The van der Waals surface area contributed by atoms with Gasteiger partial charge in [-0.15, -0.1) is 0 Å². The van der Waals surface area contributed by atoms with Gasteiger partial charge >= 0.3 is 6.09 Å². The zero-order valence-corrected chi connectivity index (χ0v) is 16.2. The van der Waals surface area contributed by atoms with Crippen LogP contribution < -0.4 is 10.1 Å². The molecule has 0 aliphatic carbocycles. The Balaban J connectivity index is 1.99. The minimum absolute atomic E-state index is 0.150. The average Bonchev–Trinajstić information content (AvgIpc) is 2.51. The van der Waals surface area contributed by atoms with Crippen molar-refractivity contribution >= 4 is 17.7 Å². The van der Waals surface area contributed by atoms with Gasteiger partial charge in [0.05, 0.1) is 17.3 Å². The first-order valence-electron chi connectivity index (χ1n) is 8.40. The zero-order chi connectivity index (χ0) is 19.3. The molecule has 1 amide bonds. The summed E-state index contributed by atoms with van der Waals surface area (Å²) >= 11 is 6.35. The lowest BCUT2D eigenvalue weighted by Gasteiger charge is -2.28. The number of amides is 1. The van der Waals surface area contributed by atoms with Crippen LogP contribution in [0.1, 0.15) is 33.0 Å². The van der Waals surface area contributed by atoms with Crippen LogP contribution in [0.2, 0.25) is 5.02 Å². The molecule has 0 saturated heterocycles. The number of carboxylic acid groups (broad SMARTS) is 1. The highest BCUT2D eigenvalue weighted by molar-refractivity contribution is 6.32. The van der Waals surface area contributed by atoms with Gasteiger partial charge < -0.3 is 15.2 Å². The molecule has 6 nitrogen and oxygen atoms in total. The summed E-state index contributed by atoms with van der Waals surface area (Å²) in [5, 5.41) is 11.9. The summed E-state index contributed by atoms with van der Waals surface area (Å²) in [4.78, 5) is 19.3. The van der Waals surface area contributed by atoms with Crippen molar-refractivity contribution < 1.29 is 14.6 Å². The summed E-state index contributed by atoms with van der Waals surface area (Å²) in [7, 11) is 0. The van der Waals surface area contributed by atoms with E-state index in [1.54, 1.807) is 6.20 Å². The van der Waals surface area contributed by atoms with Crippen LogP contribution in [-0.2, 0) is 0 Å². The van der Waals surface area contributed by atoms with Gasteiger partial charge in [-0.1, -0.05) is 18.5 Å². The molecule has 1 heterocycles. The van der Waals surface area contributed by atoms with Crippen molar-refractivity contribution in [2.45, 2.75) is 39.7 Å². The lowest BCUT2D eigenvalue weighted by molar-refractivity contribution is 0.169. The molecule has 0 bridgehead atoms. The first-order chi connectivity index (χ1) is 12.2. The maximum absolute atomic E-state index is 10.8. The Morgan fingerprint density at radius 2 is 2.12 bits per heavy atom. The maximum atomic E-state index is 10.8. The van der Waals surface area contributed by atoms with Crippen molar-refractivity contribution in [2.24, 2.45) is 5.92 Å². The van der Waals surface area contributed by atoms with Crippen molar-refractivity contribution in [1.29, 1.82) is 0 Å². The smallest absolute Gasteiger partial charge is 0.405 e. The topological polar surface area (TPSA) is 84.3 Å². The second-order valence-corrected chi connectivity index (χ2v) is 7.48. The first kappa shape index (κ1) is 20.0. The number of carbonyl (C=O) groups is 1. The summed E-state index contributed by atoms with van der Waals surface area (Å²) in [6, 6.07) is 7.38. The molecule has 0 fully saturated rings. The molecule has 26 heavy (non-hydrogen) atoms. The molecule has 2 aromatic rings. The largest absolute Gasteiger partial charge is 0.492 e. The van der Waals surface area contributed by atoms with Crippen molar-refractivity contribution in [2.75, 3.05) is 6.61 Å². The molecule has 0 spiro atoms. The minimum atomic E-state index is -1.03. The van der Waals surface area contributed by atoms with E-state index in [2.05, 4.69) is 15.3 Å². The van der Waals surface area contributed by atoms with E-state index in [1.807, 2.05) is 52.0 Å². The highest BCUT2D eigenvalue weighted by Gasteiger charge is 2.23. The van der Waals surface area contributed by atoms with Gasteiger partial charge in [-0.05, 0) is 57.4 Å². The van der Waals surface area contributed by atoms with Crippen LogP contribution in [0, 0.1) is 12.8 Å². The molecule has 0 radical (unpaired) electrons. The number of rotatable bonds is 7. The lowest BCUT2D eigenvalue weighted by atomic mass is 9.92. The van der Waals surface area contributed by atoms with E-state index in [9.17, 15) is 4.79 Å². The molecule has 0 aliphatic rings. The predicted octanol–water partition coefficient (Wildman–Crippen LogP) is 4.56. The van der Waals surface area contributed by atoms with Crippen LogP contribution in [0.4, 0.5) is 4.79 Å². The zero-order valence-electron chi connectivity index (χ0n) is 15.4. The number of aromatic nitrogens is 2. The molecule has 2 rings (SSSR count). The molecule has 0 aliphatic heterocycles. The summed E-state index contributed by atoms with van der Waals surface area (Å²) in [5.41, 5.74) is 1.18. The standard InChI is InChI=1S/C19H24ClN3O3/c1-12(10-19(3,4)23-18(24)25)11-26-17-6-5-14(9-15(17)20)16-7-8-21-13(2)22-16/h5-9,12,23H,10-11H2,1-4H3,(H,24,25)/t12-/m0/s1. The van der Waals surface area contributed by atoms with Crippen LogP contribution in [0.25, 0.3) is 11.3 Å². The maximum Gasteiger partial charge on any atom is 0.405 e. The summed E-state index contributed by atoms with van der Waals surface area (Å²) in [6.07, 6.45) is 1.33. The molecule has 0 saturated carbocycles. The van der Waals surface area contributed by atoms with Gasteiger partial charge in [-0.3, -0.25) is 0 Å². The Labute approximate surface area is 158 Å². The van der Waals surface area contributed by atoms with Crippen LogP contribution in [0.3, 0.4) is 0 Å². The molecule has 140 valence electrons. The van der Waals surface area contributed by atoms with E-state index in [0.717, 1.165) is 11.3 Å². The van der Waals surface area contributed by atoms with E-state index in [-0.39, 0.29) is 5.92 Å². The summed E-state index contributed by atoms with van der Waals surface area (Å²) < 4.78 is 5.82. The van der Waals surface area contributed by atoms with Crippen molar-refractivity contribution in [3.63, 3.8) is 0 Å². The van der Waals surface area contributed by atoms with Gasteiger partial charge in [-0.2, -0.15) is 0 Å². The fourth-order valence-electron chi connectivity index (χ4n) is 2.90. The average molecular weight is 378 g/mol. The molecule has 2 N–H and O–H groups in total. The quantitative estimate of drug-likeness (QED) is 0.739. The highest BCUT2D eigenvalue weighted by atomic mass is 35.5. The van der Waals surface area contributed by atoms with Gasteiger partial charge in [0.2, 0.25) is 0 Å². The molecular formula is C19H24ClN3O3. The van der Waals surface area contributed by atoms with Gasteiger partial charge in [0.1, 0.15) is 11.6 Å². The van der Waals surface area contributed by atoms with Crippen molar-refractivity contribution in [1.82, 2.24) is 15.3 Å². The van der Waals surface area contributed by atoms with Gasteiger partial charge in [-0.25, -0.2) is 14.8 Å². The number of benzene rings is 1. The molecular weight excluding hydrogens is 354 g/mol. The van der Waals surface area contributed by atoms with Crippen molar-refractivity contribution in [3.05, 3.63) is 41.3 Å². The van der Waals surface area contributed by atoms with E-state index in [0.29, 0.717) is 29.6 Å². The Morgan fingerprint density at radius 1 is 1.38 bits per heavy atom. The second-order valence-electron chi connectivity index (χ2n) is 7.07. The fourth-order valence-corrected chi connectivity index (χ4v) is 3.13. The molecule has 7 heteroatoms. The normalized spacial score (nSPS) is 12.5. The predicted molar refractivity (Wildman–Crippen MR) is 102 cm³/mol. The number of aryl methyl sites for hydroxylation is 1. The Bertz CT molecular complexity index is 780. The number of ether oxygens (including phenoxy) is 1.